The van der Waals surface area contributed by atoms with E-state index in [0.717, 1.165) is 38.4 Å². The lowest BCUT2D eigenvalue weighted by Gasteiger charge is -2.23. The summed E-state index contributed by atoms with van der Waals surface area (Å²) >= 11 is 0. The van der Waals surface area contributed by atoms with Gasteiger partial charge >= 0.3 is 0 Å². The minimum Gasteiger partial charge on any atom is -0.370 e. The SMILES string of the molecule is O=C(C[NH2+]C(c1ccccc1)c1ccccc1)NCc1ccc(C[NH+]2CCOCC2)cc1. The highest BCUT2D eigenvalue weighted by Gasteiger charge is 2.18. The number of hydrogen-bond acceptors (Lipinski definition) is 2. The van der Waals surface area contributed by atoms with E-state index < -0.39 is 0 Å². The maximum absolute atomic E-state index is 12.6. The summed E-state index contributed by atoms with van der Waals surface area (Å²) in [6.45, 7) is 5.82. The molecular weight excluding hydrogens is 398 g/mol. The largest absolute Gasteiger partial charge is 0.370 e. The average molecular weight is 432 g/mol. The molecule has 0 bridgehead atoms. The molecule has 1 fully saturated rings. The van der Waals surface area contributed by atoms with Gasteiger partial charge in [-0.15, -0.1) is 0 Å². The highest BCUT2D eigenvalue weighted by atomic mass is 16.5. The molecule has 0 unspecified atom stereocenters. The molecule has 5 heteroatoms. The minimum absolute atomic E-state index is 0.0451. The van der Waals surface area contributed by atoms with Crippen molar-refractivity contribution in [2.75, 3.05) is 32.8 Å². The maximum Gasteiger partial charge on any atom is 0.275 e. The van der Waals surface area contributed by atoms with Gasteiger partial charge in [-0.3, -0.25) is 4.79 Å². The zero-order valence-electron chi connectivity index (χ0n) is 18.5. The third-order valence-electron chi connectivity index (χ3n) is 6.02. The van der Waals surface area contributed by atoms with E-state index in [2.05, 4.69) is 59.2 Å². The molecule has 166 valence electrons. The molecule has 0 spiro atoms. The number of benzene rings is 3. The molecule has 4 N–H and O–H groups in total. The Bertz CT molecular complexity index is 916. The molecule has 3 aromatic carbocycles. The van der Waals surface area contributed by atoms with Crippen molar-refractivity contribution in [3.05, 3.63) is 107 Å². The number of hydrogen-bond donors (Lipinski definition) is 3. The Balaban J connectivity index is 1.27. The van der Waals surface area contributed by atoms with Crippen LogP contribution in [0, 0.1) is 0 Å². The van der Waals surface area contributed by atoms with Crippen LogP contribution in [-0.2, 0) is 22.6 Å². The number of rotatable bonds is 9. The Morgan fingerprint density at radius 1 is 0.844 bits per heavy atom. The van der Waals surface area contributed by atoms with Crippen molar-refractivity contribution in [3.63, 3.8) is 0 Å². The second-order valence-corrected chi connectivity index (χ2v) is 8.37. The van der Waals surface area contributed by atoms with Gasteiger partial charge in [-0.25, -0.2) is 0 Å². The molecule has 0 aromatic heterocycles. The topological polar surface area (TPSA) is 59.4 Å². The smallest absolute Gasteiger partial charge is 0.275 e. The molecule has 5 nitrogen and oxygen atoms in total. The van der Waals surface area contributed by atoms with Crippen LogP contribution in [0.5, 0.6) is 0 Å². The number of ether oxygens (including phenoxy) is 1. The summed E-state index contributed by atoms with van der Waals surface area (Å²) < 4.78 is 5.43. The molecule has 1 heterocycles. The molecule has 1 aliphatic heterocycles. The van der Waals surface area contributed by atoms with E-state index in [0.29, 0.717) is 13.1 Å². The van der Waals surface area contributed by atoms with Gasteiger partial charge in [0.1, 0.15) is 25.7 Å². The van der Waals surface area contributed by atoms with Crippen molar-refractivity contribution < 1.29 is 19.7 Å². The van der Waals surface area contributed by atoms with Gasteiger partial charge in [0.2, 0.25) is 0 Å². The van der Waals surface area contributed by atoms with Crippen LogP contribution >= 0.6 is 0 Å². The lowest BCUT2D eigenvalue weighted by molar-refractivity contribution is -0.921. The third-order valence-corrected chi connectivity index (χ3v) is 6.02. The lowest BCUT2D eigenvalue weighted by Crippen LogP contribution is -3.12. The normalized spacial score (nSPS) is 14.4. The van der Waals surface area contributed by atoms with Crippen LogP contribution in [0.3, 0.4) is 0 Å². The molecule has 1 amide bonds. The van der Waals surface area contributed by atoms with Crippen LogP contribution in [0.1, 0.15) is 28.3 Å². The first-order chi connectivity index (χ1) is 15.8. The van der Waals surface area contributed by atoms with E-state index in [1.54, 1.807) is 4.90 Å². The zero-order valence-corrected chi connectivity index (χ0v) is 18.5. The van der Waals surface area contributed by atoms with Crippen LogP contribution in [-0.4, -0.2) is 38.8 Å². The molecule has 32 heavy (non-hydrogen) atoms. The van der Waals surface area contributed by atoms with Gasteiger partial charge in [0.05, 0.1) is 13.2 Å². The van der Waals surface area contributed by atoms with E-state index in [9.17, 15) is 4.79 Å². The van der Waals surface area contributed by atoms with Crippen LogP contribution in [0.25, 0.3) is 0 Å². The van der Waals surface area contributed by atoms with E-state index in [4.69, 9.17) is 4.74 Å². The van der Waals surface area contributed by atoms with Gasteiger partial charge in [-0.1, -0.05) is 84.9 Å². The molecule has 1 saturated heterocycles. The quantitative estimate of drug-likeness (QED) is 0.475. The van der Waals surface area contributed by atoms with E-state index in [1.807, 2.05) is 36.4 Å². The minimum atomic E-state index is 0.0451. The number of nitrogens with two attached hydrogens (primary N) is 1. The fourth-order valence-electron chi connectivity index (χ4n) is 4.18. The molecular formula is C27H33N3O2+2. The van der Waals surface area contributed by atoms with E-state index in [-0.39, 0.29) is 11.9 Å². The lowest BCUT2D eigenvalue weighted by atomic mass is 9.99. The highest BCUT2D eigenvalue weighted by Crippen LogP contribution is 2.17. The number of nitrogens with one attached hydrogen (secondary N) is 2. The summed E-state index contributed by atoms with van der Waals surface area (Å²) in [5, 5.41) is 5.17. The fraction of sp³-hybridized carbons (Fsp3) is 0.296. The Hall–Kier alpha value is -2.99. The summed E-state index contributed by atoms with van der Waals surface area (Å²) in [6, 6.07) is 29.4. The van der Waals surface area contributed by atoms with Crippen molar-refractivity contribution >= 4 is 5.91 Å². The van der Waals surface area contributed by atoms with Gasteiger partial charge in [-0.05, 0) is 5.56 Å². The summed E-state index contributed by atoms with van der Waals surface area (Å²) in [5.74, 6) is 0.0451. The first-order valence-corrected chi connectivity index (χ1v) is 11.5. The second-order valence-electron chi connectivity index (χ2n) is 8.37. The van der Waals surface area contributed by atoms with Gasteiger partial charge in [-0.2, -0.15) is 0 Å². The number of carbonyl (C=O) groups is 1. The van der Waals surface area contributed by atoms with Crippen molar-refractivity contribution in [1.29, 1.82) is 0 Å². The Morgan fingerprint density at radius 3 is 2.00 bits per heavy atom. The summed E-state index contributed by atoms with van der Waals surface area (Å²) in [6.07, 6.45) is 0. The van der Waals surface area contributed by atoms with Gasteiger partial charge in [0, 0.05) is 23.2 Å². The summed E-state index contributed by atoms with van der Waals surface area (Å²) in [5.41, 5.74) is 4.86. The number of morpholine rings is 1. The van der Waals surface area contributed by atoms with Crippen LogP contribution in [0.15, 0.2) is 84.9 Å². The zero-order chi connectivity index (χ0) is 22.0. The number of amides is 1. The predicted molar refractivity (Wildman–Crippen MR) is 125 cm³/mol. The van der Waals surface area contributed by atoms with Crippen LogP contribution in [0.4, 0.5) is 0 Å². The third kappa shape index (κ3) is 6.50. The maximum atomic E-state index is 12.6. The predicted octanol–water partition coefficient (Wildman–Crippen LogP) is 1.07. The van der Waals surface area contributed by atoms with Crippen LogP contribution in [0.2, 0.25) is 0 Å². The van der Waals surface area contributed by atoms with Crippen molar-refractivity contribution in [2.24, 2.45) is 0 Å². The van der Waals surface area contributed by atoms with Crippen molar-refractivity contribution in [3.8, 4) is 0 Å². The first-order valence-electron chi connectivity index (χ1n) is 11.5. The molecule has 4 rings (SSSR count). The molecule has 0 radical (unpaired) electrons. The van der Waals surface area contributed by atoms with Crippen LogP contribution < -0.4 is 15.5 Å². The molecule has 0 atom stereocenters. The molecule has 0 aliphatic carbocycles. The molecule has 0 saturated carbocycles. The van der Waals surface area contributed by atoms with E-state index in [1.165, 1.54) is 16.7 Å². The highest BCUT2D eigenvalue weighted by molar-refractivity contribution is 5.76. The first kappa shape index (κ1) is 22.2. The Labute approximate surface area is 190 Å². The Kier molecular flexibility index (Phi) is 8.04. The standard InChI is InChI=1S/C27H31N3O2/c31-26(20-29-27(24-7-3-1-4-8-24)25-9-5-2-6-10-25)28-19-22-11-13-23(14-12-22)21-30-15-17-32-18-16-30/h1-14,27,29H,15-21H2,(H,28,31)/p+2. The number of quaternary nitrogens is 2. The monoisotopic (exact) mass is 431 g/mol. The summed E-state index contributed by atoms with van der Waals surface area (Å²) in [4.78, 5) is 14.1. The Morgan fingerprint density at radius 2 is 1.41 bits per heavy atom. The number of carbonyl (C=O) groups excluding carboxylic acids is 1. The second kappa shape index (κ2) is 11.6. The average Bonchev–Trinajstić information content (AvgIpc) is 2.86. The molecule has 3 aromatic rings. The van der Waals surface area contributed by atoms with Gasteiger partial charge in [0.25, 0.3) is 5.91 Å². The van der Waals surface area contributed by atoms with E-state index >= 15 is 0 Å². The molecule has 1 aliphatic rings. The van der Waals surface area contributed by atoms with Crippen molar-refractivity contribution in [2.45, 2.75) is 19.1 Å². The van der Waals surface area contributed by atoms with Crippen molar-refractivity contribution in [1.82, 2.24) is 5.32 Å². The summed E-state index contributed by atoms with van der Waals surface area (Å²) in [7, 11) is 0. The van der Waals surface area contributed by atoms with Gasteiger partial charge < -0.3 is 20.3 Å². The van der Waals surface area contributed by atoms with Gasteiger partial charge in [0.15, 0.2) is 6.54 Å². The fourth-order valence-corrected chi connectivity index (χ4v) is 4.18.